The molecule has 3 heteroatoms. The summed E-state index contributed by atoms with van der Waals surface area (Å²) in [4.78, 5) is 0. The Hall–Kier alpha value is -6.42. The molecule has 0 N–H and O–H groups in total. The molecule has 0 spiro atoms. The van der Waals surface area contributed by atoms with Gasteiger partial charge in [-0.3, -0.25) is 0 Å². The summed E-state index contributed by atoms with van der Waals surface area (Å²) in [6, 6.07) is 5.17. The third kappa shape index (κ3) is 4.29. The highest BCUT2D eigenvalue weighted by Crippen LogP contribution is 2.43. The molecule has 11 aromatic rings. The summed E-state index contributed by atoms with van der Waals surface area (Å²) < 4.78 is 184. The van der Waals surface area contributed by atoms with Gasteiger partial charge in [-0.1, -0.05) is 109 Å². The molecule has 238 valence electrons. The average Bonchev–Trinajstić information content (AvgIpc) is 4.03. The van der Waals surface area contributed by atoms with Crippen LogP contribution >= 0.6 is 11.3 Å². The van der Waals surface area contributed by atoms with Gasteiger partial charge in [0.05, 0.1) is 49.5 Å². The van der Waals surface area contributed by atoms with Crippen LogP contribution in [0.1, 0.15) is 27.4 Å². The zero-order chi connectivity index (χ0) is 50.9. The van der Waals surface area contributed by atoms with Crippen LogP contribution in [0.3, 0.4) is 0 Å². The van der Waals surface area contributed by atoms with Gasteiger partial charge in [-0.25, -0.2) is 0 Å². The van der Waals surface area contributed by atoms with E-state index in [1.54, 1.807) is 30.3 Å². The second kappa shape index (κ2) is 11.0. The van der Waals surface area contributed by atoms with Gasteiger partial charge in [0.15, 0.2) is 0 Å². The highest BCUT2D eigenvalue weighted by Gasteiger charge is 2.17. The number of thiophene rings is 1. The van der Waals surface area contributed by atoms with Crippen LogP contribution < -0.4 is 0 Å². The Morgan fingerprint density at radius 1 is 0.412 bits per heavy atom. The Morgan fingerprint density at radius 2 is 1.12 bits per heavy atom. The lowest BCUT2D eigenvalue weighted by Crippen LogP contribution is -1.93. The fraction of sp³-hybridized carbons (Fsp3) is 0. The van der Waals surface area contributed by atoms with Crippen molar-refractivity contribution in [3.05, 3.63) is 182 Å². The molecule has 8 aromatic carbocycles. The van der Waals surface area contributed by atoms with E-state index in [2.05, 4.69) is 0 Å². The maximum atomic E-state index is 9.90. The van der Waals surface area contributed by atoms with E-state index in [4.69, 9.17) is 16.4 Å². The second-order valence-corrected chi connectivity index (χ2v) is 12.8. The number of hydrogen-bond donors (Lipinski definition) is 0. The minimum absolute atomic E-state index is 0.00330. The molecule has 0 radical (unpaired) electrons. The fourth-order valence-electron chi connectivity index (χ4n) is 6.80. The summed E-state index contributed by atoms with van der Waals surface area (Å²) in [5.74, 6) is 0. The van der Waals surface area contributed by atoms with Crippen molar-refractivity contribution in [3.63, 3.8) is 0 Å². The number of para-hydroxylation sites is 3. The molecule has 0 fully saturated rings. The lowest BCUT2D eigenvalue weighted by atomic mass is 9.99. The van der Waals surface area contributed by atoms with Gasteiger partial charge in [0, 0.05) is 53.1 Å². The van der Waals surface area contributed by atoms with E-state index in [0.29, 0.717) is 5.69 Å². The number of aromatic nitrogens is 2. The molecule has 0 aliphatic carbocycles. The number of rotatable bonds is 4. The van der Waals surface area contributed by atoms with E-state index in [1.165, 1.54) is 39.5 Å². The smallest absolute Gasteiger partial charge is 0.0645 e. The zero-order valence-corrected chi connectivity index (χ0v) is 26.9. The average molecular weight is 687 g/mol. The van der Waals surface area contributed by atoms with Gasteiger partial charge in [0.25, 0.3) is 0 Å². The first kappa shape index (κ1) is 15.2. The van der Waals surface area contributed by atoms with Gasteiger partial charge < -0.3 is 9.13 Å². The number of benzene rings is 8. The summed E-state index contributed by atoms with van der Waals surface area (Å²) >= 11 is 0.987. The molecule has 2 nitrogen and oxygen atoms in total. The minimum atomic E-state index is -0.715. The van der Waals surface area contributed by atoms with Crippen molar-refractivity contribution < 1.29 is 27.4 Å². The van der Waals surface area contributed by atoms with E-state index in [0.717, 1.165) is 11.3 Å². The number of hydrogen-bond acceptors (Lipinski definition) is 1. The third-order valence-electron chi connectivity index (χ3n) is 8.99. The molecule has 0 aliphatic rings. The molecule has 0 saturated carbocycles. The topological polar surface area (TPSA) is 9.86 Å². The Morgan fingerprint density at radius 3 is 1.94 bits per heavy atom. The Kier molecular flexibility index (Phi) is 3.30. The minimum Gasteiger partial charge on any atom is -0.309 e. The van der Waals surface area contributed by atoms with E-state index < -0.39 is 114 Å². The van der Waals surface area contributed by atoms with Crippen molar-refractivity contribution in [2.24, 2.45) is 0 Å². The normalized spacial score (nSPS) is 17.4. The van der Waals surface area contributed by atoms with E-state index in [1.807, 2.05) is 0 Å². The summed E-state index contributed by atoms with van der Waals surface area (Å²) in [6.07, 6.45) is 0. The van der Waals surface area contributed by atoms with Crippen molar-refractivity contribution in [1.82, 2.24) is 9.13 Å². The molecule has 0 saturated heterocycles. The molecule has 11 rings (SSSR count). The van der Waals surface area contributed by atoms with Gasteiger partial charge in [-0.2, -0.15) is 0 Å². The molecule has 0 bridgehead atoms. The molecule has 51 heavy (non-hydrogen) atoms. The van der Waals surface area contributed by atoms with Crippen LogP contribution in [0.5, 0.6) is 0 Å². The molecular weight excluding hydrogens is 637 g/mol. The van der Waals surface area contributed by atoms with Crippen molar-refractivity contribution >= 4 is 75.1 Å². The molecule has 3 aromatic heterocycles. The van der Waals surface area contributed by atoms with Crippen LogP contribution in [-0.4, -0.2) is 9.13 Å². The Labute approximate surface area is 326 Å². The molecule has 0 amide bonds. The summed E-state index contributed by atoms with van der Waals surface area (Å²) in [5.41, 5.74) is -0.904. The van der Waals surface area contributed by atoms with Crippen LogP contribution in [-0.2, 0) is 0 Å². The summed E-state index contributed by atoms with van der Waals surface area (Å²) in [5, 5.41) is -0.246. The SMILES string of the molecule is [2H]c1ccc(-c2c([2H])c([2H])c([2H])c3sc4c([2H])cc(-n5c6cc([2H])c([2H])c([2H])c6c6c([2H])c(-c7c([2H])c([2H])c8c(c7[2H])c7c([2H])c([2H])c([2H])c([2H])c7n8-c7ccccc7)c([2H])c([2H])c65)cc4c23)c([2H])c1[2H]. The van der Waals surface area contributed by atoms with Gasteiger partial charge in [0.1, 0.15) is 0 Å². The Balaban J connectivity index is 1.28. The van der Waals surface area contributed by atoms with Crippen molar-refractivity contribution in [1.29, 1.82) is 0 Å². The van der Waals surface area contributed by atoms with Crippen molar-refractivity contribution in [2.45, 2.75) is 0 Å². The zero-order valence-electron chi connectivity index (χ0n) is 46.1. The maximum Gasteiger partial charge on any atom is 0.0645 e. The molecular formula is C48H30N2S. The Bertz CT molecular complexity index is 4290. The molecule has 3 heterocycles. The maximum absolute atomic E-state index is 9.90. The molecule has 0 atom stereocenters. The van der Waals surface area contributed by atoms with Crippen LogP contribution in [0.15, 0.2) is 182 Å². The highest BCUT2D eigenvalue weighted by molar-refractivity contribution is 7.26. The van der Waals surface area contributed by atoms with Gasteiger partial charge in [-0.05, 0) is 94.9 Å². The van der Waals surface area contributed by atoms with Crippen molar-refractivity contribution in [3.8, 4) is 33.6 Å². The van der Waals surface area contributed by atoms with E-state index in [9.17, 15) is 11.0 Å². The molecule has 0 unspecified atom stereocenters. The number of fused-ring (bicyclic) bond motifs is 9. The second-order valence-electron chi connectivity index (χ2n) is 11.8. The first-order valence-corrected chi connectivity index (χ1v) is 16.6. The highest BCUT2D eigenvalue weighted by atomic mass is 32.1. The van der Waals surface area contributed by atoms with Gasteiger partial charge >= 0.3 is 0 Å². The monoisotopic (exact) mass is 686 g/mol. The quantitative estimate of drug-likeness (QED) is 0.174. The van der Waals surface area contributed by atoms with E-state index in [-0.39, 0.29) is 98.7 Å². The first-order valence-electron chi connectivity index (χ1n) is 25.8. The van der Waals surface area contributed by atoms with Gasteiger partial charge in [0.2, 0.25) is 0 Å². The fourth-order valence-corrected chi connectivity index (χ4v) is 7.81. The predicted molar refractivity (Wildman–Crippen MR) is 219 cm³/mol. The lowest BCUT2D eigenvalue weighted by Gasteiger charge is -2.10. The molecule has 0 aliphatic heterocycles. The van der Waals surface area contributed by atoms with Crippen LogP contribution in [0, 0.1) is 0 Å². The standard InChI is InChI=1S/C48H30N2S/c1-3-12-31(13-4-1)36-18-11-21-47-48(36)41-30-35(24-27-46(41)51-47)50-43-20-10-8-17-38(43)40-29-33(23-26-45(40)50)32-22-25-44-39(28-32)37-16-7-9-19-42(37)49(44)34-14-5-2-6-15-34/h1-30H/i1D,3D,7D,8D,9D,10D,11D,12D,16D,17D,18D,19D,21D,22D,23D,25D,26D,27D,28D,29D. The first-order chi connectivity index (χ1) is 33.6. The summed E-state index contributed by atoms with van der Waals surface area (Å²) in [7, 11) is 0. The third-order valence-corrected chi connectivity index (χ3v) is 10.0. The van der Waals surface area contributed by atoms with Crippen LogP contribution in [0.2, 0.25) is 0 Å². The van der Waals surface area contributed by atoms with Crippen LogP contribution in [0.4, 0.5) is 0 Å². The van der Waals surface area contributed by atoms with E-state index >= 15 is 0 Å². The largest absolute Gasteiger partial charge is 0.309 e. The van der Waals surface area contributed by atoms with Gasteiger partial charge in [-0.15, -0.1) is 11.3 Å². The van der Waals surface area contributed by atoms with Crippen molar-refractivity contribution in [2.75, 3.05) is 0 Å². The number of nitrogens with zero attached hydrogens (tertiary/aromatic N) is 2. The predicted octanol–water partition coefficient (Wildman–Crippen LogP) is 13.6. The lowest BCUT2D eigenvalue weighted by molar-refractivity contribution is 1.18. The summed E-state index contributed by atoms with van der Waals surface area (Å²) in [6.45, 7) is 0. The van der Waals surface area contributed by atoms with Crippen LogP contribution in [0.25, 0.3) is 97.4 Å².